The van der Waals surface area contributed by atoms with Crippen LogP contribution in [0.2, 0.25) is 0 Å². The van der Waals surface area contributed by atoms with Gasteiger partial charge < -0.3 is 25.8 Å². The van der Waals surface area contributed by atoms with Gasteiger partial charge in [0.1, 0.15) is 17.7 Å². The minimum atomic E-state index is -4.77. The monoisotopic (exact) mass is 610 g/mol. The van der Waals surface area contributed by atoms with E-state index in [2.05, 4.69) is 20.3 Å². The smallest absolute Gasteiger partial charge is 0.429 e. The van der Waals surface area contributed by atoms with Crippen LogP contribution in [0.15, 0.2) is 54.7 Å². The van der Waals surface area contributed by atoms with Crippen LogP contribution in [0, 0.1) is 18.2 Å². The summed E-state index contributed by atoms with van der Waals surface area (Å²) in [7, 11) is 0. The Balaban J connectivity index is 1.22. The average Bonchev–Trinajstić information content (AvgIpc) is 3.39. The lowest BCUT2D eigenvalue weighted by Crippen LogP contribution is -2.41. The lowest BCUT2D eigenvalue weighted by atomic mass is 9.76. The molecule has 2 aromatic heterocycles. The predicted molar refractivity (Wildman–Crippen MR) is 156 cm³/mol. The maximum Gasteiger partial charge on any atom is 0.429 e. The van der Waals surface area contributed by atoms with Gasteiger partial charge in [0.15, 0.2) is 0 Å². The molecular weight excluding hydrogens is 580 g/mol. The molecule has 1 spiro atoms. The van der Waals surface area contributed by atoms with Crippen LogP contribution in [0.25, 0.3) is 22.0 Å². The van der Waals surface area contributed by atoms with E-state index in [1.54, 1.807) is 37.3 Å². The molecule has 2 atom stereocenters. The quantitative estimate of drug-likeness (QED) is 0.245. The fourth-order valence-corrected chi connectivity index (χ4v) is 6.20. The highest BCUT2D eigenvalue weighted by Crippen LogP contribution is 2.42. The molecule has 2 aromatic carbocycles. The third-order valence-corrected chi connectivity index (χ3v) is 8.58. The Kier molecular flexibility index (Phi) is 7.52. The first-order valence-electron chi connectivity index (χ1n) is 14.1. The molecule has 4 aromatic rings. The van der Waals surface area contributed by atoms with Gasteiger partial charge in [-0.3, -0.25) is 9.78 Å². The van der Waals surface area contributed by atoms with Crippen LogP contribution in [0.4, 0.5) is 29.3 Å². The Morgan fingerprint density at radius 3 is 2.52 bits per heavy atom. The number of anilines is 2. The van der Waals surface area contributed by atoms with Crippen molar-refractivity contribution in [1.29, 1.82) is 0 Å². The number of piperidine rings is 1. The number of alkyl halides is 3. The van der Waals surface area contributed by atoms with Gasteiger partial charge in [-0.05, 0) is 66.5 Å². The third kappa shape index (κ3) is 5.96. The number of nitrogen functional groups attached to an aromatic ring is 1. The molecule has 0 bridgehead atoms. The third-order valence-electron chi connectivity index (χ3n) is 8.58. The Morgan fingerprint density at radius 2 is 1.84 bits per heavy atom. The van der Waals surface area contributed by atoms with Gasteiger partial charge in [0.2, 0.25) is 17.9 Å². The zero-order chi connectivity index (χ0) is 31.2. The SMILES string of the molecule is Cc1cc(-c2ccc3ncc(F)cc3c2)ccc1C(Oc1cc(N2CCC3(CC2)CNC(C(=O)O)C3)nc(N)n1)C(F)(F)F. The molecule has 0 radical (unpaired) electrons. The van der Waals surface area contributed by atoms with Crippen molar-refractivity contribution in [3.8, 4) is 17.0 Å². The first-order chi connectivity index (χ1) is 20.9. The number of hydrogen-bond donors (Lipinski definition) is 3. The van der Waals surface area contributed by atoms with E-state index in [4.69, 9.17) is 10.5 Å². The highest BCUT2D eigenvalue weighted by molar-refractivity contribution is 5.84. The van der Waals surface area contributed by atoms with E-state index >= 15 is 0 Å². The summed E-state index contributed by atoms with van der Waals surface area (Å²) in [5.74, 6) is -1.54. The number of aryl methyl sites for hydroxylation is 1. The fourth-order valence-electron chi connectivity index (χ4n) is 6.20. The van der Waals surface area contributed by atoms with E-state index in [9.17, 15) is 27.5 Å². The van der Waals surface area contributed by atoms with Gasteiger partial charge in [0.25, 0.3) is 0 Å². The summed E-state index contributed by atoms with van der Waals surface area (Å²) in [5.41, 5.74) is 7.97. The minimum Gasteiger partial charge on any atom is -0.480 e. The van der Waals surface area contributed by atoms with E-state index in [0.717, 1.165) is 6.20 Å². The maximum atomic E-state index is 14.4. The number of benzene rings is 2. The largest absolute Gasteiger partial charge is 0.480 e. The van der Waals surface area contributed by atoms with Crippen molar-refractivity contribution in [1.82, 2.24) is 20.3 Å². The van der Waals surface area contributed by atoms with Crippen LogP contribution < -0.4 is 20.7 Å². The number of fused-ring (bicyclic) bond motifs is 1. The Hall–Kier alpha value is -4.52. The summed E-state index contributed by atoms with van der Waals surface area (Å²) in [5, 5.41) is 13.0. The Morgan fingerprint density at radius 1 is 1.11 bits per heavy atom. The lowest BCUT2D eigenvalue weighted by molar-refractivity contribution is -0.198. The molecule has 4 heterocycles. The van der Waals surface area contributed by atoms with Crippen LogP contribution in [0.3, 0.4) is 0 Å². The van der Waals surface area contributed by atoms with Gasteiger partial charge in [0.05, 0.1) is 11.7 Å². The van der Waals surface area contributed by atoms with Crippen molar-refractivity contribution in [2.45, 2.75) is 44.5 Å². The maximum absolute atomic E-state index is 14.4. The van der Waals surface area contributed by atoms with Crippen LogP contribution >= 0.6 is 0 Å². The lowest BCUT2D eigenvalue weighted by Gasteiger charge is -2.39. The number of halogens is 4. The summed E-state index contributed by atoms with van der Waals surface area (Å²) in [6.07, 6.45) is -4.05. The van der Waals surface area contributed by atoms with Crippen LogP contribution in [-0.2, 0) is 4.79 Å². The van der Waals surface area contributed by atoms with E-state index in [-0.39, 0.29) is 22.8 Å². The summed E-state index contributed by atoms with van der Waals surface area (Å²) < 4.78 is 62.5. The van der Waals surface area contributed by atoms with Gasteiger partial charge in [-0.2, -0.15) is 23.1 Å². The molecule has 0 amide bonds. The average molecular weight is 611 g/mol. The molecule has 13 heteroatoms. The van der Waals surface area contributed by atoms with Crippen molar-refractivity contribution >= 4 is 28.6 Å². The first-order valence-corrected chi connectivity index (χ1v) is 14.1. The molecule has 2 unspecified atom stereocenters. The predicted octanol–water partition coefficient (Wildman–Crippen LogP) is 5.44. The second-order valence-corrected chi connectivity index (χ2v) is 11.6. The number of nitrogens with one attached hydrogen (secondary N) is 1. The van der Waals surface area contributed by atoms with Crippen LogP contribution in [0.1, 0.15) is 36.5 Å². The minimum absolute atomic E-state index is 0.0879. The molecule has 9 nitrogen and oxygen atoms in total. The number of carbonyl (C=O) groups is 1. The van der Waals surface area contributed by atoms with Gasteiger partial charge >= 0.3 is 12.1 Å². The number of hydrogen-bond acceptors (Lipinski definition) is 8. The van der Waals surface area contributed by atoms with Gasteiger partial charge in [-0.15, -0.1) is 0 Å². The topological polar surface area (TPSA) is 126 Å². The normalized spacial score (nSPS) is 18.9. The Labute approximate surface area is 250 Å². The number of ether oxygens (including phenoxy) is 1. The number of carboxylic acids is 1. The molecule has 2 saturated heterocycles. The van der Waals surface area contributed by atoms with Crippen molar-refractivity contribution in [3.63, 3.8) is 0 Å². The molecule has 6 rings (SSSR count). The summed E-state index contributed by atoms with van der Waals surface area (Å²) in [6.45, 7) is 3.23. The summed E-state index contributed by atoms with van der Waals surface area (Å²) in [6, 6.07) is 11.9. The first kappa shape index (κ1) is 29.5. The highest BCUT2D eigenvalue weighted by Gasteiger charge is 2.45. The van der Waals surface area contributed by atoms with Gasteiger partial charge in [-0.1, -0.05) is 24.3 Å². The second-order valence-electron chi connectivity index (χ2n) is 11.6. The van der Waals surface area contributed by atoms with Crippen molar-refractivity contribution in [2.24, 2.45) is 5.41 Å². The number of aliphatic carboxylic acids is 1. The number of carboxylic acid groups (broad SMARTS) is 1. The standard InChI is InChI=1S/C31H30F4N6O3/c1-17-10-18(19-3-5-23-20(11-19)12-21(32)15-37-23)2-4-22(17)27(31(33,34)35)44-26-13-25(39-29(36)40-26)41-8-6-30(7-9-41)14-24(28(42)43)38-16-30/h2-5,10-13,15,24,27,38H,6-9,14,16H2,1H3,(H,42,43)(H2,36,39,40). The number of nitrogens with zero attached hydrogens (tertiary/aromatic N) is 4. The molecule has 2 aliphatic rings. The van der Waals surface area contributed by atoms with E-state index in [1.807, 2.05) is 4.90 Å². The Bertz CT molecular complexity index is 1720. The van der Waals surface area contributed by atoms with Crippen molar-refractivity contribution < 1.29 is 32.2 Å². The molecule has 0 aliphatic carbocycles. The molecule has 230 valence electrons. The van der Waals surface area contributed by atoms with Crippen molar-refractivity contribution in [2.75, 3.05) is 30.3 Å². The number of pyridine rings is 1. The molecule has 44 heavy (non-hydrogen) atoms. The second kappa shape index (κ2) is 11.2. The number of aromatic nitrogens is 3. The number of nitrogens with two attached hydrogens (primary N) is 1. The molecule has 2 aliphatic heterocycles. The van der Waals surface area contributed by atoms with Gasteiger partial charge in [0, 0.05) is 36.7 Å². The summed E-state index contributed by atoms with van der Waals surface area (Å²) in [4.78, 5) is 25.5. The molecular formula is C31H30F4N6O3. The molecule has 4 N–H and O–H groups in total. The van der Waals surface area contributed by atoms with Gasteiger partial charge in [-0.25, -0.2) is 4.39 Å². The fraction of sp³-hybridized carbons (Fsp3) is 0.355. The van der Waals surface area contributed by atoms with Crippen LogP contribution in [0.5, 0.6) is 5.88 Å². The number of rotatable bonds is 6. The van der Waals surface area contributed by atoms with Crippen LogP contribution in [-0.4, -0.2) is 57.9 Å². The van der Waals surface area contributed by atoms with E-state index < -0.39 is 30.1 Å². The van der Waals surface area contributed by atoms with E-state index in [0.29, 0.717) is 72.3 Å². The zero-order valence-corrected chi connectivity index (χ0v) is 23.7. The van der Waals surface area contributed by atoms with E-state index in [1.165, 1.54) is 18.2 Å². The van der Waals surface area contributed by atoms with Crippen molar-refractivity contribution in [3.05, 3.63) is 71.7 Å². The zero-order valence-electron chi connectivity index (χ0n) is 23.7. The summed E-state index contributed by atoms with van der Waals surface area (Å²) >= 11 is 0. The molecule has 0 saturated carbocycles. The highest BCUT2D eigenvalue weighted by atomic mass is 19.4. The molecule has 2 fully saturated rings.